The number of allylic oxidation sites excluding steroid dienone is 2. The van der Waals surface area contributed by atoms with Gasteiger partial charge in [0.25, 0.3) is 0 Å². The summed E-state index contributed by atoms with van der Waals surface area (Å²) >= 11 is 0. The SMILES string of the molecule is C=C(C)[C@H]1C[C@@]2(C)[C@@H](CC[C@@]2(O)CCCOC2CCCCO2)[C@@H]2CC[C@@]3(O)CC4(CCC3=C12)OCC(C)(C)CO4. The number of hydrogen-bond acceptors (Lipinski definition) is 6. The lowest BCUT2D eigenvalue weighted by molar-refractivity contribution is -0.322. The van der Waals surface area contributed by atoms with E-state index in [1.807, 2.05) is 0 Å². The molecule has 6 heteroatoms. The Morgan fingerprint density at radius 3 is 2.50 bits per heavy atom. The van der Waals surface area contributed by atoms with Gasteiger partial charge in [-0.25, -0.2) is 0 Å². The van der Waals surface area contributed by atoms with Crippen LogP contribution in [0.3, 0.4) is 0 Å². The first-order valence-electron chi connectivity index (χ1n) is 16.2. The quantitative estimate of drug-likeness (QED) is 0.288. The van der Waals surface area contributed by atoms with E-state index in [0.717, 1.165) is 82.8 Å². The predicted molar refractivity (Wildman–Crippen MR) is 154 cm³/mol. The second-order valence-corrected chi connectivity index (χ2v) is 15.4. The molecule has 1 spiro atoms. The van der Waals surface area contributed by atoms with Gasteiger partial charge < -0.3 is 29.2 Å². The fourth-order valence-corrected chi connectivity index (χ4v) is 9.62. The van der Waals surface area contributed by atoms with Crippen molar-refractivity contribution in [2.45, 2.75) is 134 Å². The van der Waals surface area contributed by atoms with E-state index in [9.17, 15) is 10.2 Å². The number of ether oxygens (including phenoxy) is 4. The van der Waals surface area contributed by atoms with Gasteiger partial charge in [0.1, 0.15) is 0 Å². The highest BCUT2D eigenvalue weighted by molar-refractivity contribution is 5.40. The minimum absolute atomic E-state index is 0.0121. The van der Waals surface area contributed by atoms with Gasteiger partial charge in [0.2, 0.25) is 0 Å². The topological polar surface area (TPSA) is 77.4 Å². The normalized spacial score (nSPS) is 44.1. The van der Waals surface area contributed by atoms with E-state index in [2.05, 4.69) is 34.3 Å². The molecule has 2 heterocycles. The predicted octanol–water partition coefficient (Wildman–Crippen LogP) is 6.44. The van der Waals surface area contributed by atoms with E-state index < -0.39 is 17.0 Å². The van der Waals surface area contributed by atoms with E-state index in [1.54, 1.807) is 0 Å². The maximum atomic E-state index is 12.2. The van der Waals surface area contributed by atoms with Crippen molar-refractivity contribution in [3.63, 3.8) is 0 Å². The van der Waals surface area contributed by atoms with Crippen molar-refractivity contribution in [3.05, 3.63) is 23.3 Å². The zero-order chi connectivity index (χ0) is 28.4. The summed E-state index contributed by atoms with van der Waals surface area (Å²) in [5.41, 5.74) is 2.14. The zero-order valence-corrected chi connectivity index (χ0v) is 25.6. The summed E-state index contributed by atoms with van der Waals surface area (Å²) in [6.45, 7) is 16.1. The zero-order valence-electron chi connectivity index (χ0n) is 25.6. The summed E-state index contributed by atoms with van der Waals surface area (Å²) in [7, 11) is 0. The summed E-state index contributed by atoms with van der Waals surface area (Å²) in [4.78, 5) is 0. The Bertz CT molecular complexity index is 1000. The summed E-state index contributed by atoms with van der Waals surface area (Å²) in [6, 6.07) is 0. The molecule has 7 atom stereocenters. The van der Waals surface area contributed by atoms with Gasteiger partial charge in [-0.05, 0) is 95.0 Å². The van der Waals surface area contributed by atoms with Crippen molar-refractivity contribution in [2.75, 3.05) is 26.4 Å². The molecule has 2 saturated heterocycles. The highest BCUT2D eigenvalue weighted by atomic mass is 16.7. The fraction of sp³-hybridized carbons (Fsp3) is 0.882. The molecule has 2 N–H and O–H groups in total. The molecule has 0 aromatic heterocycles. The highest BCUT2D eigenvalue weighted by Gasteiger charge is 2.64. The monoisotopic (exact) mass is 558 g/mol. The Balaban J connectivity index is 1.21. The number of aliphatic hydroxyl groups is 2. The van der Waals surface area contributed by atoms with Crippen LogP contribution in [0.4, 0.5) is 0 Å². The minimum Gasteiger partial charge on any atom is -0.389 e. The van der Waals surface area contributed by atoms with Gasteiger partial charge in [0, 0.05) is 42.8 Å². The van der Waals surface area contributed by atoms with Gasteiger partial charge in [-0.2, -0.15) is 0 Å². The van der Waals surface area contributed by atoms with Crippen LogP contribution in [0.1, 0.15) is 111 Å². The van der Waals surface area contributed by atoms with Crippen LogP contribution >= 0.6 is 0 Å². The van der Waals surface area contributed by atoms with Gasteiger partial charge in [-0.1, -0.05) is 38.5 Å². The largest absolute Gasteiger partial charge is 0.389 e. The van der Waals surface area contributed by atoms with Crippen molar-refractivity contribution >= 4 is 0 Å². The first-order valence-corrected chi connectivity index (χ1v) is 16.2. The lowest BCUT2D eigenvalue weighted by atomic mass is 9.49. The van der Waals surface area contributed by atoms with E-state index in [1.165, 1.54) is 17.6 Å². The molecular formula is C34H54O6. The van der Waals surface area contributed by atoms with E-state index >= 15 is 0 Å². The van der Waals surface area contributed by atoms with Gasteiger partial charge in [0.15, 0.2) is 12.1 Å². The van der Waals surface area contributed by atoms with Crippen LogP contribution in [-0.2, 0) is 18.9 Å². The van der Waals surface area contributed by atoms with Crippen LogP contribution in [-0.4, -0.2) is 59.9 Å². The van der Waals surface area contributed by atoms with Crippen LogP contribution < -0.4 is 0 Å². The second kappa shape index (κ2) is 10.4. The average Bonchev–Trinajstić information content (AvgIpc) is 3.18. The molecule has 0 aromatic carbocycles. The average molecular weight is 559 g/mol. The van der Waals surface area contributed by atoms with Crippen LogP contribution in [0.2, 0.25) is 0 Å². The second-order valence-electron chi connectivity index (χ2n) is 15.4. The van der Waals surface area contributed by atoms with Crippen LogP contribution in [0, 0.1) is 28.6 Å². The summed E-state index contributed by atoms with van der Waals surface area (Å²) in [5, 5.41) is 24.5. The molecule has 4 aliphatic carbocycles. The Labute approximate surface area is 241 Å². The summed E-state index contributed by atoms with van der Waals surface area (Å²) in [6.07, 6.45) is 11.5. The molecule has 5 fully saturated rings. The smallest absolute Gasteiger partial charge is 0.171 e. The van der Waals surface area contributed by atoms with Crippen LogP contribution in [0.25, 0.3) is 0 Å². The molecule has 3 saturated carbocycles. The third-order valence-electron chi connectivity index (χ3n) is 12.0. The number of rotatable bonds is 6. The minimum atomic E-state index is -0.875. The van der Waals surface area contributed by atoms with Crippen LogP contribution in [0.15, 0.2) is 23.3 Å². The molecule has 0 bridgehead atoms. The fourth-order valence-electron chi connectivity index (χ4n) is 9.62. The molecule has 2 aliphatic heterocycles. The molecule has 226 valence electrons. The third-order valence-corrected chi connectivity index (χ3v) is 12.0. The van der Waals surface area contributed by atoms with Gasteiger partial charge in [0.05, 0.1) is 24.4 Å². The van der Waals surface area contributed by atoms with Crippen molar-refractivity contribution in [3.8, 4) is 0 Å². The third kappa shape index (κ3) is 4.97. The van der Waals surface area contributed by atoms with Crippen molar-refractivity contribution in [1.29, 1.82) is 0 Å². The molecular weight excluding hydrogens is 504 g/mol. The van der Waals surface area contributed by atoms with Crippen molar-refractivity contribution in [2.24, 2.45) is 28.6 Å². The number of hydrogen-bond donors (Lipinski definition) is 2. The first-order chi connectivity index (χ1) is 18.9. The van der Waals surface area contributed by atoms with Crippen molar-refractivity contribution in [1.82, 2.24) is 0 Å². The van der Waals surface area contributed by atoms with E-state index in [4.69, 9.17) is 18.9 Å². The molecule has 0 amide bonds. The maximum Gasteiger partial charge on any atom is 0.171 e. The molecule has 6 rings (SSSR count). The molecule has 6 nitrogen and oxygen atoms in total. The Hall–Kier alpha value is -0.760. The molecule has 1 unspecified atom stereocenters. The van der Waals surface area contributed by atoms with Gasteiger partial charge in [-0.3, -0.25) is 0 Å². The molecule has 0 aromatic rings. The maximum absolute atomic E-state index is 12.2. The highest BCUT2D eigenvalue weighted by Crippen LogP contribution is 2.67. The lowest BCUT2D eigenvalue weighted by Crippen LogP contribution is -2.58. The van der Waals surface area contributed by atoms with E-state index in [0.29, 0.717) is 38.1 Å². The molecule has 6 aliphatic rings. The van der Waals surface area contributed by atoms with Crippen molar-refractivity contribution < 1.29 is 29.2 Å². The van der Waals surface area contributed by atoms with Crippen LogP contribution in [0.5, 0.6) is 0 Å². The molecule has 40 heavy (non-hydrogen) atoms. The first kappa shape index (κ1) is 29.3. The standard InChI is InChI=1S/C34H54O6/c1-23(2)25-19-31(5)26(11-15-33(31,36)13-8-18-38-28-9-6-7-17-37-28)24-10-14-32(35)20-34(16-12-27(32)29(24)25)39-21-30(3,4)22-40-34/h24-26,28,35-36H,1,6-22H2,2-5H3/t24-,25+,26-,28?,31-,32+,33-/m0/s1. The van der Waals surface area contributed by atoms with Gasteiger partial charge >= 0.3 is 0 Å². The summed E-state index contributed by atoms with van der Waals surface area (Å²) in [5.74, 6) is 0.367. The Morgan fingerprint density at radius 2 is 1.80 bits per heavy atom. The summed E-state index contributed by atoms with van der Waals surface area (Å²) < 4.78 is 24.5. The molecule has 0 radical (unpaired) electrons. The number of fused-ring (bicyclic) bond motifs is 4. The van der Waals surface area contributed by atoms with E-state index in [-0.39, 0.29) is 23.0 Å². The lowest BCUT2D eigenvalue weighted by Gasteiger charge is -2.58. The Morgan fingerprint density at radius 1 is 1.02 bits per heavy atom. The Kier molecular flexibility index (Phi) is 7.66. The van der Waals surface area contributed by atoms with Gasteiger partial charge in [-0.15, -0.1) is 0 Å².